The van der Waals surface area contributed by atoms with Gasteiger partial charge in [-0.15, -0.1) is 0 Å². The fraction of sp³-hybridized carbons (Fsp3) is 0.824. The molecule has 6 heterocycles. The first kappa shape index (κ1) is 103. The molecule has 34 atom stereocenters. The number of esters is 12. The zero-order valence-corrected chi connectivity index (χ0v) is 71.1. The summed E-state index contributed by atoms with van der Waals surface area (Å²) in [5, 5.41) is 76.4. The third-order valence-electron chi connectivity index (χ3n) is 27.4. The van der Waals surface area contributed by atoms with Gasteiger partial charge in [0.05, 0.1) is 97.6 Å². The molecule has 12 aliphatic carbocycles. The van der Waals surface area contributed by atoms with Gasteiger partial charge in [0, 0.05) is 83.5 Å². The number of halogens is 14. The first-order valence-electron chi connectivity index (χ1n) is 39.2. The van der Waals surface area contributed by atoms with Crippen molar-refractivity contribution in [1.29, 1.82) is 0 Å². The van der Waals surface area contributed by atoms with Crippen LogP contribution in [0.1, 0.15) is 78.1 Å². The van der Waals surface area contributed by atoms with Crippen LogP contribution in [-0.2, 0) is 171 Å². The number of hydrogen-bond acceptors (Lipinski definition) is 50. The molecule has 0 aromatic rings. The number of carbonyl (C=O) groups is 12. The van der Waals surface area contributed by atoms with E-state index in [2.05, 4.69) is 70.4 Å². The number of fused-ring (bicyclic) bond motifs is 6. The molecule has 0 radical (unpaired) electrons. The van der Waals surface area contributed by atoms with Gasteiger partial charge >= 0.3 is 104 Å². The summed E-state index contributed by atoms with van der Waals surface area (Å²) >= 11 is -3.98. The molecule has 18 aliphatic rings. The van der Waals surface area contributed by atoms with Gasteiger partial charge in [0.1, 0.15) is 91.1 Å². The van der Waals surface area contributed by atoms with Crippen molar-refractivity contribution in [3.8, 4) is 0 Å². The predicted molar refractivity (Wildman–Crippen MR) is 365 cm³/mol. The number of rotatable bonds is 34. The first-order valence-corrected chi connectivity index (χ1v) is 43.6. The standard InChI is InChI=1S/C13H12F6O7S.2C11H12F2O8S.C11H12F2O7S.2C11H13FO7S/c14-12(15,16)11(13(17,18)19,27-26-25-22)10(21)23-3-7-4-1-5-6(2-4)9(20)24-8(5)7;12-11(13,22-21-20-17)10(16)18-2-5-3-1-4-6(7(3)14)9(15)19-8(4)5;12-11(13,22-21-20-17)10(16)19-7-3-1-4-6(5(3)2-14)9(15)18-8(4)7;12-11(13,21-20-19-16)10(15)17-3-7-4-1-5-6(2-4)9(14)18-8(5)7;2*1-11(12,20-19-18-15)10(14)17-7-4-2-5-6(3-4)9(13)16-8(5)7/h4-8,22H,1-3H2;2*3-8,14,17H,1-2H2;4-8,16H,1-3H2;2*4-8,15H,2-3H2,1H3/p-6. The lowest BCUT2D eigenvalue weighted by atomic mass is 9.79. The van der Waals surface area contributed by atoms with Crippen molar-refractivity contribution in [3.05, 3.63) is 0 Å². The van der Waals surface area contributed by atoms with Crippen LogP contribution in [0.3, 0.4) is 0 Å². The van der Waals surface area contributed by atoms with Gasteiger partial charge in [0.25, 0.3) is 10.0 Å². The second-order valence-electron chi connectivity index (χ2n) is 33.7. The van der Waals surface area contributed by atoms with Crippen LogP contribution in [0.5, 0.6) is 0 Å². The highest BCUT2D eigenvalue weighted by Gasteiger charge is 2.80. The van der Waals surface area contributed by atoms with Crippen LogP contribution < -0.4 is 31.5 Å². The third kappa shape index (κ3) is 19.9. The summed E-state index contributed by atoms with van der Waals surface area (Å²) in [6.45, 7) is 0.0118. The quantitative estimate of drug-likeness (QED) is 0.0215. The van der Waals surface area contributed by atoms with Gasteiger partial charge in [-0.1, -0.05) is 0 Å². The number of carbonyl (C=O) groups excluding carboxylic acids is 12. The number of hydrogen-bond donors (Lipinski definition) is 2. The van der Waals surface area contributed by atoms with Crippen molar-refractivity contribution < 1.29 is 274 Å². The summed E-state index contributed by atoms with van der Waals surface area (Å²) in [6.07, 6.45) is -12.9. The number of alkyl halides is 14. The van der Waals surface area contributed by atoms with Gasteiger partial charge < -0.3 is 98.6 Å². The molecule has 6 aliphatic heterocycles. The Morgan fingerprint density at radius 3 is 1.05 bits per heavy atom. The maximum Gasteiger partial charge on any atom is 0.425 e. The molecule has 18 rings (SSSR count). The molecule has 0 aromatic heterocycles. The molecule has 0 spiro atoms. The lowest BCUT2D eigenvalue weighted by molar-refractivity contribution is -0.777. The van der Waals surface area contributed by atoms with Gasteiger partial charge in [-0.3, -0.25) is 59.0 Å². The minimum absolute atomic E-state index is 0.0166. The van der Waals surface area contributed by atoms with Crippen molar-refractivity contribution in [2.45, 2.75) is 182 Å². The Morgan fingerprint density at radius 1 is 0.333 bits per heavy atom. The minimum Gasteiger partial charge on any atom is -0.691 e. The zero-order valence-electron chi connectivity index (χ0n) is 66.2. The maximum absolute atomic E-state index is 13.9. The summed E-state index contributed by atoms with van der Waals surface area (Å²) in [5.74, 6) is -17.7. The third-order valence-corrected chi connectivity index (χ3v) is 31.1. The molecule has 0 aromatic carbocycles. The van der Waals surface area contributed by atoms with Crippen LogP contribution in [-0.4, -0.2) is 212 Å². The van der Waals surface area contributed by atoms with Crippen LogP contribution in [0.25, 0.3) is 0 Å². The number of ether oxygens (including phenoxy) is 12. The fourth-order valence-corrected chi connectivity index (χ4v) is 23.9. The molecular formula is C68H68F14O44S6-6. The molecule has 0 amide bonds. The Hall–Kier alpha value is -6.04. The summed E-state index contributed by atoms with van der Waals surface area (Å²) < 4.78 is 262. The van der Waals surface area contributed by atoms with E-state index in [1.807, 2.05) is 0 Å². The summed E-state index contributed by atoms with van der Waals surface area (Å²) in [7, 11) is 0. The number of aliphatic hydroxyl groups is 2. The van der Waals surface area contributed by atoms with Crippen LogP contribution in [0.4, 0.5) is 61.5 Å². The van der Waals surface area contributed by atoms with Crippen LogP contribution in [0.2, 0.25) is 0 Å². The molecule has 2 N–H and O–H groups in total. The van der Waals surface area contributed by atoms with Crippen molar-refractivity contribution >= 4 is 144 Å². The highest BCUT2D eigenvalue weighted by Crippen LogP contribution is 2.64. The van der Waals surface area contributed by atoms with E-state index in [1.165, 1.54) is 0 Å². The molecule has 12 saturated carbocycles. The SMILES string of the molecule is CC(F)(SOO[O-])C(=O)OC1C2CC3C(=O)OC1C3C2.CC(F)(SOO[O-])C(=O)OC1C2CC3C(=O)OC1C3C2.O=C1OC2C(COC(=O)C(F)(F)SOO[O-])C3CC1C2C3.O=C1OC2C(COC(=O)C(F)(F)SOO[O-])C3CC2C1C3O.O=C1OC2C(COC(=O)C(SOO[O-])(C(F)(F)F)C(F)(F)F)C3CC1C2C3.O=C1OC2C3CC(C(CO)C13)C2OC(=O)C(F)(F)SOO[O-]. The van der Waals surface area contributed by atoms with Gasteiger partial charge in [-0.25, -0.2) is 37.5 Å². The second-order valence-corrected chi connectivity index (χ2v) is 39.2. The van der Waals surface area contributed by atoms with E-state index in [9.17, 15) is 161 Å². The summed E-state index contributed by atoms with van der Waals surface area (Å²) in [5.41, 5.74) is 0. The molecule has 744 valence electrons. The largest absolute Gasteiger partial charge is 0.691 e. The lowest BCUT2D eigenvalue weighted by Gasteiger charge is -2.34. The van der Waals surface area contributed by atoms with E-state index < -0.39 is 248 Å². The fourth-order valence-electron chi connectivity index (χ4n) is 22.2. The van der Waals surface area contributed by atoms with Crippen molar-refractivity contribution in [2.24, 2.45) is 130 Å². The summed E-state index contributed by atoms with van der Waals surface area (Å²) in [4.78, 5) is 139. The second kappa shape index (κ2) is 40.4. The van der Waals surface area contributed by atoms with Gasteiger partial charge in [0.2, 0.25) is 0 Å². The molecule has 6 saturated heterocycles. The average Bonchev–Trinajstić information content (AvgIpc) is 1.54. The molecule has 34 unspecified atom stereocenters. The highest BCUT2D eigenvalue weighted by molar-refractivity contribution is 7.97. The smallest absolute Gasteiger partial charge is 0.425 e. The number of aliphatic hydroxyl groups excluding tert-OH is 2. The Morgan fingerprint density at radius 2 is 0.636 bits per heavy atom. The monoisotopic (exact) mass is 2050 g/mol. The van der Waals surface area contributed by atoms with Crippen molar-refractivity contribution in [1.82, 2.24) is 0 Å². The van der Waals surface area contributed by atoms with Crippen LogP contribution in [0, 0.1) is 130 Å². The van der Waals surface area contributed by atoms with Gasteiger partial charge in [0.15, 0.2) is 0 Å². The van der Waals surface area contributed by atoms with Crippen LogP contribution >= 0.6 is 72.3 Å². The summed E-state index contributed by atoms with van der Waals surface area (Å²) in [6, 6.07) is 0. The zero-order chi connectivity index (χ0) is 96.5. The molecular weight excluding hydrogens is 1980 g/mol. The Balaban J connectivity index is 0.000000135. The van der Waals surface area contributed by atoms with Crippen molar-refractivity contribution in [2.75, 3.05) is 26.4 Å². The van der Waals surface area contributed by atoms with E-state index in [0.29, 0.717) is 44.9 Å². The van der Waals surface area contributed by atoms with E-state index in [4.69, 9.17) is 42.6 Å². The van der Waals surface area contributed by atoms with Gasteiger partial charge in [-0.2, -0.15) is 78.7 Å². The van der Waals surface area contributed by atoms with E-state index >= 15 is 0 Å². The highest BCUT2D eigenvalue weighted by atomic mass is 32.2. The lowest BCUT2D eigenvalue weighted by Crippen LogP contribution is -2.60. The Labute approximate surface area is 753 Å². The van der Waals surface area contributed by atoms with E-state index in [0.717, 1.165) is 33.1 Å². The molecule has 64 heteroatoms. The van der Waals surface area contributed by atoms with Crippen molar-refractivity contribution in [3.63, 3.8) is 0 Å². The Bertz CT molecular complexity index is 4200. The predicted octanol–water partition coefficient (Wildman–Crippen LogP) is 0.0530. The minimum atomic E-state index is -6.20. The molecule has 18 fully saturated rings. The van der Waals surface area contributed by atoms with Gasteiger partial charge in [-0.05, 0) is 95.8 Å². The molecule has 44 nitrogen and oxygen atoms in total. The molecule has 132 heavy (non-hydrogen) atoms. The average molecular weight is 2050 g/mol. The topological polar surface area (TPSA) is 605 Å². The van der Waals surface area contributed by atoms with E-state index in [-0.39, 0.29) is 156 Å². The van der Waals surface area contributed by atoms with Crippen LogP contribution in [0.15, 0.2) is 0 Å². The van der Waals surface area contributed by atoms with E-state index in [1.54, 1.807) is 0 Å². The molecule has 12 bridgehead atoms. The normalized spacial score (nSPS) is 37.9. The first-order chi connectivity index (χ1) is 62.0. The maximum atomic E-state index is 13.9. The Kier molecular flexibility index (Phi) is 31.6.